The number of likely N-dealkylation sites (N-methyl/N-ethyl adjacent to an activating group) is 1. The lowest BCUT2D eigenvalue weighted by Crippen LogP contribution is -2.28. The maximum Gasteiger partial charge on any atom is 0.266 e. The van der Waals surface area contributed by atoms with Crippen LogP contribution in [0.15, 0.2) is 76.8 Å². The Balaban J connectivity index is 1.65. The standard InChI is InChI=1S/C23H20ClN3O2S/c1-3-26-22(28)21(30-23(26)25-17-8-6-16(24)7-9-17)15-19-5-4-14-27(19)18-10-12-20(29-2)13-11-18/h4-15H,3H2,1-2H3/b21-15-,25-23?. The van der Waals surface area contributed by atoms with Gasteiger partial charge in [0, 0.05) is 29.1 Å². The molecule has 3 aromatic rings. The van der Waals surface area contributed by atoms with Gasteiger partial charge in [-0.1, -0.05) is 11.6 Å². The summed E-state index contributed by atoms with van der Waals surface area (Å²) in [4.78, 5) is 19.9. The van der Waals surface area contributed by atoms with Gasteiger partial charge in [-0.15, -0.1) is 0 Å². The molecule has 5 nitrogen and oxygen atoms in total. The van der Waals surface area contributed by atoms with Crippen molar-refractivity contribution in [2.24, 2.45) is 4.99 Å². The van der Waals surface area contributed by atoms with Crippen LogP contribution in [0.25, 0.3) is 11.8 Å². The van der Waals surface area contributed by atoms with Crippen molar-refractivity contribution in [2.45, 2.75) is 6.92 Å². The molecule has 0 unspecified atom stereocenters. The molecule has 0 bridgehead atoms. The Labute approximate surface area is 184 Å². The van der Waals surface area contributed by atoms with Crippen molar-refractivity contribution >= 4 is 46.2 Å². The number of benzene rings is 2. The maximum atomic E-state index is 13.0. The summed E-state index contributed by atoms with van der Waals surface area (Å²) in [5.41, 5.74) is 2.67. The number of carbonyl (C=O) groups is 1. The molecule has 1 fully saturated rings. The Kier molecular flexibility index (Phi) is 5.97. The number of aliphatic imine (C=N–C) groups is 1. The van der Waals surface area contributed by atoms with Gasteiger partial charge in [-0.2, -0.15) is 0 Å². The van der Waals surface area contributed by atoms with E-state index in [0.717, 1.165) is 22.8 Å². The van der Waals surface area contributed by atoms with Gasteiger partial charge in [-0.25, -0.2) is 4.99 Å². The monoisotopic (exact) mass is 437 g/mol. The van der Waals surface area contributed by atoms with Gasteiger partial charge in [0.25, 0.3) is 5.91 Å². The van der Waals surface area contributed by atoms with Gasteiger partial charge in [0.15, 0.2) is 5.17 Å². The Morgan fingerprint density at radius 1 is 1.10 bits per heavy atom. The second kappa shape index (κ2) is 8.81. The molecule has 0 saturated carbocycles. The minimum atomic E-state index is -0.0438. The highest BCUT2D eigenvalue weighted by molar-refractivity contribution is 8.18. The number of amides is 1. The maximum absolute atomic E-state index is 13.0. The third-order valence-corrected chi connectivity index (χ3v) is 5.92. The summed E-state index contributed by atoms with van der Waals surface area (Å²) in [6.07, 6.45) is 3.88. The molecule has 30 heavy (non-hydrogen) atoms. The molecule has 0 aliphatic carbocycles. The number of aromatic nitrogens is 1. The zero-order valence-corrected chi connectivity index (χ0v) is 18.2. The summed E-state index contributed by atoms with van der Waals surface area (Å²) < 4.78 is 7.27. The zero-order valence-electron chi connectivity index (χ0n) is 16.6. The van der Waals surface area contributed by atoms with Crippen molar-refractivity contribution in [3.63, 3.8) is 0 Å². The highest BCUT2D eigenvalue weighted by Crippen LogP contribution is 2.34. The van der Waals surface area contributed by atoms with E-state index in [2.05, 4.69) is 4.99 Å². The lowest BCUT2D eigenvalue weighted by Gasteiger charge is -2.12. The Hall–Kier alpha value is -2.96. The second-order valence-electron chi connectivity index (χ2n) is 6.53. The van der Waals surface area contributed by atoms with Gasteiger partial charge in [-0.05, 0) is 85.4 Å². The smallest absolute Gasteiger partial charge is 0.266 e. The number of rotatable bonds is 5. The van der Waals surface area contributed by atoms with E-state index < -0.39 is 0 Å². The predicted octanol–water partition coefficient (Wildman–Crippen LogP) is 5.76. The van der Waals surface area contributed by atoms with Gasteiger partial charge < -0.3 is 9.30 Å². The summed E-state index contributed by atoms with van der Waals surface area (Å²) in [7, 11) is 1.64. The van der Waals surface area contributed by atoms with E-state index in [-0.39, 0.29) is 5.91 Å². The summed E-state index contributed by atoms with van der Waals surface area (Å²) >= 11 is 7.34. The van der Waals surface area contributed by atoms with Gasteiger partial charge in [0.05, 0.1) is 17.7 Å². The number of hydrogen-bond donors (Lipinski definition) is 0. The van der Waals surface area contributed by atoms with E-state index in [1.165, 1.54) is 11.8 Å². The van der Waals surface area contributed by atoms with E-state index in [1.54, 1.807) is 24.1 Å². The largest absolute Gasteiger partial charge is 0.497 e. The molecule has 1 aromatic heterocycles. The molecule has 0 atom stereocenters. The summed E-state index contributed by atoms with van der Waals surface area (Å²) in [6.45, 7) is 2.49. The van der Waals surface area contributed by atoms with Crippen LogP contribution in [-0.4, -0.2) is 34.2 Å². The summed E-state index contributed by atoms with van der Waals surface area (Å²) in [5, 5.41) is 1.32. The van der Waals surface area contributed by atoms with Gasteiger partial charge in [0.1, 0.15) is 5.75 Å². The molecular weight excluding hydrogens is 418 g/mol. The van der Waals surface area contributed by atoms with Crippen LogP contribution in [0.1, 0.15) is 12.6 Å². The van der Waals surface area contributed by atoms with Crippen molar-refractivity contribution in [3.8, 4) is 11.4 Å². The molecule has 1 saturated heterocycles. The van der Waals surface area contributed by atoms with Crippen molar-refractivity contribution in [2.75, 3.05) is 13.7 Å². The first kappa shape index (κ1) is 20.3. The molecule has 2 heterocycles. The van der Waals surface area contributed by atoms with E-state index in [1.807, 2.05) is 72.3 Å². The fourth-order valence-corrected chi connectivity index (χ4v) is 4.29. The Morgan fingerprint density at radius 2 is 1.83 bits per heavy atom. The molecule has 2 aromatic carbocycles. The topological polar surface area (TPSA) is 46.8 Å². The van der Waals surface area contributed by atoms with Crippen LogP contribution in [0.4, 0.5) is 5.69 Å². The lowest BCUT2D eigenvalue weighted by molar-refractivity contribution is -0.122. The average molecular weight is 438 g/mol. The first-order chi connectivity index (χ1) is 14.6. The molecular formula is C23H20ClN3O2S. The quantitative estimate of drug-likeness (QED) is 0.476. The molecule has 0 N–H and O–H groups in total. The van der Waals surface area contributed by atoms with Crippen molar-refractivity contribution in [1.82, 2.24) is 9.47 Å². The second-order valence-corrected chi connectivity index (χ2v) is 7.98. The van der Waals surface area contributed by atoms with E-state index >= 15 is 0 Å². The van der Waals surface area contributed by atoms with Gasteiger partial charge in [0.2, 0.25) is 0 Å². The first-order valence-corrected chi connectivity index (χ1v) is 10.7. The summed E-state index contributed by atoms with van der Waals surface area (Å²) in [5.74, 6) is 0.756. The fraction of sp³-hybridized carbons (Fsp3) is 0.130. The Morgan fingerprint density at radius 3 is 2.50 bits per heavy atom. The van der Waals surface area contributed by atoms with Gasteiger partial charge >= 0.3 is 0 Å². The zero-order chi connectivity index (χ0) is 21.1. The molecule has 4 rings (SSSR count). The number of carbonyl (C=O) groups excluding carboxylic acids is 1. The third kappa shape index (κ3) is 4.15. The molecule has 152 valence electrons. The number of amidine groups is 1. The third-order valence-electron chi connectivity index (χ3n) is 4.67. The van der Waals surface area contributed by atoms with Crippen LogP contribution in [-0.2, 0) is 4.79 Å². The number of methoxy groups -OCH3 is 1. The highest BCUT2D eigenvalue weighted by Gasteiger charge is 2.32. The molecule has 0 radical (unpaired) electrons. The van der Waals surface area contributed by atoms with Crippen LogP contribution in [0.3, 0.4) is 0 Å². The molecule has 1 amide bonds. The van der Waals surface area contributed by atoms with Crippen molar-refractivity contribution in [3.05, 3.63) is 82.5 Å². The normalized spacial score (nSPS) is 16.6. The number of thioether (sulfide) groups is 1. The minimum Gasteiger partial charge on any atom is -0.497 e. The van der Waals surface area contributed by atoms with E-state index in [4.69, 9.17) is 16.3 Å². The summed E-state index contributed by atoms with van der Waals surface area (Å²) in [6, 6.07) is 19.0. The van der Waals surface area contributed by atoms with E-state index in [0.29, 0.717) is 21.6 Å². The van der Waals surface area contributed by atoms with Crippen LogP contribution in [0, 0.1) is 0 Å². The average Bonchev–Trinajstić information content (AvgIpc) is 3.34. The van der Waals surface area contributed by atoms with Gasteiger partial charge in [-0.3, -0.25) is 9.69 Å². The van der Waals surface area contributed by atoms with Crippen molar-refractivity contribution in [1.29, 1.82) is 0 Å². The molecule has 0 spiro atoms. The SMILES string of the molecule is CCN1C(=O)/C(=C/c2cccn2-c2ccc(OC)cc2)SC1=Nc1ccc(Cl)cc1. The van der Waals surface area contributed by atoms with Crippen LogP contribution in [0.5, 0.6) is 5.75 Å². The molecule has 1 aliphatic rings. The number of nitrogens with zero attached hydrogens (tertiary/aromatic N) is 3. The lowest BCUT2D eigenvalue weighted by atomic mass is 10.3. The number of halogens is 1. The van der Waals surface area contributed by atoms with E-state index in [9.17, 15) is 4.79 Å². The number of ether oxygens (including phenoxy) is 1. The predicted molar refractivity (Wildman–Crippen MR) is 124 cm³/mol. The van der Waals surface area contributed by atoms with Crippen molar-refractivity contribution < 1.29 is 9.53 Å². The van der Waals surface area contributed by atoms with Crippen LogP contribution >= 0.6 is 23.4 Å². The first-order valence-electron chi connectivity index (χ1n) is 9.46. The fourth-order valence-electron chi connectivity index (χ4n) is 3.12. The molecule has 1 aliphatic heterocycles. The van der Waals surface area contributed by atoms with Crippen LogP contribution < -0.4 is 4.74 Å². The van der Waals surface area contributed by atoms with Crippen LogP contribution in [0.2, 0.25) is 5.02 Å². The highest BCUT2D eigenvalue weighted by atomic mass is 35.5. The molecule has 7 heteroatoms. The Bertz CT molecular complexity index is 1120. The number of hydrogen-bond acceptors (Lipinski definition) is 4. The minimum absolute atomic E-state index is 0.0438.